The average Bonchev–Trinajstić information content (AvgIpc) is 3.88. The third kappa shape index (κ3) is 5.85. The van der Waals surface area contributed by atoms with Crippen LogP contribution < -0.4 is 20.7 Å². The Bertz CT molecular complexity index is 3480. The summed E-state index contributed by atoms with van der Waals surface area (Å²) in [6.45, 7) is 0. The van der Waals surface area contributed by atoms with E-state index in [0.717, 1.165) is 11.4 Å². The van der Waals surface area contributed by atoms with Gasteiger partial charge in [0.15, 0.2) is 8.07 Å². The molecule has 0 radical (unpaired) electrons. The van der Waals surface area contributed by atoms with Gasteiger partial charge in [-0.1, -0.05) is 224 Å². The first-order chi connectivity index (χ1) is 31.3. The maximum atomic E-state index is 2.59. The van der Waals surface area contributed by atoms with Crippen LogP contribution in [0.1, 0.15) is 0 Å². The van der Waals surface area contributed by atoms with Crippen molar-refractivity contribution < 1.29 is 0 Å². The van der Waals surface area contributed by atoms with Crippen LogP contribution in [-0.4, -0.2) is 17.2 Å². The zero-order valence-electron chi connectivity index (χ0n) is 34.6. The van der Waals surface area contributed by atoms with E-state index in [2.05, 4.69) is 264 Å². The fourth-order valence-electron chi connectivity index (χ4n) is 10.3. The predicted molar refractivity (Wildman–Crippen MR) is 270 cm³/mol. The fourth-order valence-corrected chi connectivity index (χ4v) is 15.1. The second kappa shape index (κ2) is 15.2. The first-order valence-corrected chi connectivity index (χ1v) is 23.8. The summed E-state index contributed by atoms with van der Waals surface area (Å²) < 4.78 is 5.09. The van der Waals surface area contributed by atoms with E-state index in [9.17, 15) is 0 Å². The minimum absolute atomic E-state index is 1.12. The Balaban J connectivity index is 1.24. The number of nitrogens with zero attached hydrogens (tertiary/aromatic N) is 2. The quantitative estimate of drug-likeness (QED) is 0.107. The minimum atomic E-state index is -2.86. The summed E-state index contributed by atoms with van der Waals surface area (Å²) in [6.07, 6.45) is 0. The van der Waals surface area contributed by atoms with Crippen molar-refractivity contribution in [1.82, 2.24) is 9.13 Å². The second-order valence-corrected chi connectivity index (χ2v) is 20.2. The van der Waals surface area contributed by atoms with Gasteiger partial charge in [-0.05, 0) is 67.8 Å². The van der Waals surface area contributed by atoms with Gasteiger partial charge in [0.1, 0.15) is 0 Å². The van der Waals surface area contributed by atoms with E-state index < -0.39 is 8.07 Å². The van der Waals surface area contributed by atoms with Crippen molar-refractivity contribution in [3.63, 3.8) is 0 Å². The molecule has 12 rings (SSSR count). The Labute approximate surface area is 368 Å². The molecular weight excluding hydrogens is 777 g/mol. The predicted octanol–water partition coefficient (Wildman–Crippen LogP) is 12.6. The number of hydrogen-bond acceptors (Lipinski definition) is 0. The summed E-state index contributed by atoms with van der Waals surface area (Å²) in [7, 11) is -2.86. The molecule has 10 aromatic carbocycles. The minimum Gasteiger partial charge on any atom is -0.307 e. The highest BCUT2D eigenvalue weighted by molar-refractivity contribution is 7.20. The molecule has 63 heavy (non-hydrogen) atoms. The van der Waals surface area contributed by atoms with Crippen LogP contribution in [0.25, 0.3) is 77.2 Å². The molecule has 296 valence electrons. The third-order valence-corrected chi connectivity index (χ3v) is 17.9. The summed E-state index contributed by atoms with van der Waals surface area (Å²) in [5.41, 5.74) is 11.8. The molecule has 2 heterocycles. The van der Waals surface area contributed by atoms with Gasteiger partial charge >= 0.3 is 0 Å². The van der Waals surface area contributed by atoms with Crippen molar-refractivity contribution in [2.45, 2.75) is 0 Å². The molecule has 0 amide bonds. The van der Waals surface area contributed by atoms with Gasteiger partial charge in [0, 0.05) is 32.8 Å². The van der Waals surface area contributed by atoms with Crippen LogP contribution in [0.3, 0.4) is 0 Å². The lowest BCUT2D eigenvalue weighted by atomic mass is 10.00. The van der Waals surface area contributed by atoms with Gasteiger partial charge in [-0.2, -0.15) is 0 Å². The van der Waals surface area contributed by atoms with Gasteiger partial charge in [-0.15, -0.1) is 0 Å². The lowest BCUT2D eigenvalue weighted by Crippen LogP contribution is -2.74. The molecule has 0 aliphatic rings. The van der Waals surface area contributed by atoms with E-state index in [1.807, 2.05) is 0 Å². The number of rotatable bonds is 8. The zero-order chi connectivity index (χ0) is 41.7. The molecule has 2 aromatic heterocycles. The molecule has 0 N–H and O–H groups in total. The van der Waals surface area contributed by atoms with Crippen LogP contribution in [0.5, 0.6) is 0 Å². The van der Waals surface area contributed by atoms with Crippen molar-refractivity contribution in [3.05, 3.63) is 255 Å². The molecule has 0 saturated heterocycles. The Kier molecular flexibility index (Phi) is 8.87. The topological polar surface area (TPSA) is 9.86 Å². The van der Waals surface area contributed by atoms with Gasteiger partial charge < -0.3 is 9.13 Å². The molecule has 0 unspecified atom stereocenters. The smallest absolute Gasteiger partial charge is 0.179 e. The molecular formula is C60H42N2Si. The molecule has 0 fully saturated rings. The number of aromatic nitrogens is 2. The molecule has 12 aromatic rings. The van der Waals surface area contributed by atoms with Gasteiger partial charge in [-0.3, -0.25) is 0 Å². The van der Waals surface area contributed by atoms with Gasteiger partial charge in [0.2, 0.25) is 0 Å². The lowest BCUT2D eigenvalue weighted by Gasteiger charge is -2.34. The van der Waals surface area contributed by atoms with Crippen LogP contribution in [0.4, 0.5) is 0 Å². The van der Waals surface area contributed by atoms with E-state index in [1.54, 1.807) is 0 Å². The largest absolute Gasteiger partial charge is 0.307 e. The van der Waals surface area contributed by atoms with Gasteiger partial charge in [0.25, 0.3) is 0 Å². The Morgan fingerprint density at radius 3 is 1.27 bits per heavy atom. The van der Waals surface area contributed by atoms with E-state index in [-0.39, 0.29) is 0 Å². The highest BCUT2D eigenvalue weighted by Gasteiger charge is 2.41. The zero-order valence-corrected chi connectivity index (χ0v) is 35.6. The molecule has 0 aliphatic carbocycles. The Morgan fingerprint density at radius 2 is 0.698 bits per heavy atom. The molecule has 3 heteroatoms. The number of benzene rings is 10. The van der Waals surface area contributed by atoms with Crippen LogP contribution in [0.15, 0.2) is 255 Å². The molecule has 0 spiro atoms. The monoisotopic (exact) mass is 818 g/mol. The molecule has 0 bridgehead atoms. The highest BCUT2D eigenvalue weighted by Crippen LogP contribution is 2.44. The summed E-state index contributed by atoms with van der Waals surface area (Å²) in [5, 5.41) is 10.3. The molecule has 2 nitrogen and oxygen atoms in total. The average molecular weight is 819 g/mol. The van der Waals surface area contributed by atoms with E-state index >= 15 is 0 Å². The van der Waals surface area contributed by atoms with Crippen molar-refractivity contribution in [2.24, 2.45) is 0 Å². The molecule has 0 saturated carbocycles. The van der Waals surface area contributed by atoms with Crippen LogP contribution >= 0.6 is 0 Å². The fraction of sp³-hybridized carbons (Fsp3) is 0. The maximum Gasteiger partial charge on any atom is 0.179 e. The summed E-state index contributed by atoms with van der Waals surface area (Å²) in [6, 6.07) is 94.4. The van der Waals surface area contributed by atoms with Gasteiger partial charge in [0.05, 0.1) is 27.8 Å². The van der Waals surface area contributed by atoms with Crippen LogP contribution in [-0.2, 0) is 0 Å². The standard InChI is InChI=1S/C60H42N2Si/c1-6-20-43(21-7-1)44-34-36-46(37-35-44)61-56-32-18-17-31-53(56)55-41-40-51(45-22-8-2-9-23-45)59(60(55)61)62-57-33-19-16-30-52(57)54-39-38-50(42-58(54)62)63(47-24-10-3-11-25-47,48-26-12-4-13-27-48)49-28-14-5-15-29-49/h1-42H. The Morgan fingerprint density at radius 1 is 0.270 bits per heavy atom. The SMILES string of the molecule is c1ccc(-c2ccc(-n3c4ccccc4c4ccc(-c5ccccc5)c(-n5c6ccccc6c6ccc([Si](c7ccccc7)(c7ccccc7)c7ccccc7)cc65)c43)cc2)cc1. The number of hydrogen-bond donors (Lipinski definition) is 0. The second-order valence-electron chi connectivity index (χ2n) is 16.4. The highest BCUT2D eigenvalue weighted by atomic mass is 28.3. The van der Waals surface area contributed by atoms with E-state index in [1.165, 1.54) is 86.6 Å². The maximum absolute atomic E-state index is 2.86. The van der Waals surface area contributed by atoms with E-state index in [4.69, 9.17) is 0 Å². The normalized spacial score (nSPS) is 11.8. The van der Waals surface area contributed by atoms with Crippen molar-refractivity contribution in [3.8, 4) is 33.6 Å². The summed E-state index contributed by atoms with van der Waals surface area (Å²) in [4.78, 5) is 0. The first kappa shape index (κ1) is 36.8. The summed E-state index contributed by atoms with van der Waals surface area (Å²) in [5.74, 6) is 0. The lowest BCUT2D eigenvalue weighted by molar-refractivity contribution is 1.13. The number of fused-ring (bicyclic) bond motifs is 6. The van der Waals surface area contributed by atoms with E-state index in [0.29, 0.717) is 0 Å². The molecule has 0 aliphatic heterocycles. The first-order valence-electron chi connectivity index (χ1n) is 21.8. The Hall–Kier alpha value is -7.98. The molecule has 0 atom stereocenters. The van der Waals surface area contributed by atoms with Crippen molar-refractivity contribution in [1.29, 1.82) is 0 Å². The summed E-state index contributed by atoms with van der Waals surface area (Å²) >= 11 is 0. The van der Waals surface area contributed by atoms with Crippen molar-refractivity contribution in [2.75, 3.05) is 0 Å². The van der Waals surface area contributed by atoms with Crippen molar-refractivity contribution >= 4 is 72.4 Å². The van der Waals surface area contributed by atoms with Crippen LogP contribution in [0.2, 0.25) is 0 Å². The van der Waals surface area contributed by atoms with Gasteiger partial charge in [-0.25, -0.2) is 0 Å². The third-order valence-electron chi connectivity index (χ3n) is 13.1. The van der Waals surface area contributed by atoms with Crippen LogP contribution in [0, 0.1) is 0 Å². The number of para-hydroxylation sites is 2.